The van der Waals surface area contributed by atoms with Gasteiger partial charge >= 0.3 is 0 Å². The van der Waals surface area contributed by atoms with Crippen LogP contribution in [0, 0.1) is 5.92 Å². The molecule has 0 radical (unpaired) electrons. The number of rotatable bonds is 5. The van der Waals surface area contributed by atoms with E-state index in [0.29, 0.717) is 24.8 Å². The highest BCUT2D eigenvalue weighted by Gasteiger charge is 2.17. The lowest BCUT2D eigenvalue weighted by Crippen LogP contribution is -2.24. The number of carbonyl (C=O) groups is 1. The predicted octanol–water partition coefficient (Wildman–Crippen LogP) is 3.62. The number of carbonyl (C=O) groups excluding carboxylic acids is 1. The summed E-state index contributed by atoms with van der Waals surface area (Å²) in [5.41, 5.74) is 2.24. The summed E-state index contributed by atoms with van der Waals surface area (Å²) in [6.45, 7) is 0.619. The van der Waals surface area contributed by atoms with E-state index < -0.39 is 0 Å². The van der Waals surface area contributed by atoms with Crippen molar-refractivity contribution in [3.8, 4) is 0 Å². The van der Waals surface area contributed by atoms with Crippen molar-refractivity contribution in [2.45, 2.75) is 44.5 Å². The molecule has 0 atom stereocenters. The van der Waals surface area contributed by atoms with Crippen molar-refractivity contribution >= 4 is 17.5 Å². The lowest BCUT2D eigenvalue weighted by atomic mass is 10.0. The molecule has 98 valence electrons. The molecule has 1 aliphatic carbocycles. The molecule has 0 spiro atoms. The maximum absolute atomic E-state index is 11.8. The van der Waals surface area contributed by atoms with Crippen LogP contribution in [0.1, 0.15) is 43.2 Å². The molecule has 0 saturated heterocycles. The van der Waals surface area contributed by atoms with Gasteiger partial charge in [0.2, 0.25) is 5.91 Å². The van der Waals surface area contributed by atoms with E-state index in [-0.39, 0.29) is 5.91 Å². The lowest BCUT2D eigenvalue weighted by Gasteiger charge is -2.09. The van der Waals surface area contributed by atoms with Gasteiger partial charge in [0.1, 0.15) is 0 Å². The molecule has 1 aromatic rings. The monoisotopic (exact) mass is 265 g/mol. The Hall–Kier alpha value is -1.02. The fraction of sp³-hybridized carbons (Fsp3) is 0.533. The van der Waals surface area contributed by atoms with E-state index >= 15 is 0 Å². The third-order valence-corrected chi connectivity index (χ3v) is 3.92. The third-order valence-electron chi connectivity index (χ3n) is 3.62. The highest BCUT2D eigenvalue weighted by molar-refractivity contribution is 6.17. The van der Waals surface area contributed by atoms with Gasteiger partial charge in [-0.1, -0.05) is 37.1 Å². The fourth-order valence-corrected chi connectivity index (χ4v) is 2.67. The van der Waals surface area contributed by atoms with E-state index in [2.05, 4.69) is 5.32 Å². The molecule has 0 unspecified atom stereocenters. The van der Waals surface area contributed by atoms with Gasteiger partial charge in [-0.25, -0.2) is 0 Å². The van der Waals surface area contributed by atoms with Crippen molar-refractivity contribution in [2.24, 2.45) is 5.92 Å². The van der Waals surface area contributed by atoms with Gasteiger partial charge in [0.05, 0.1) is 0 Å². The highest BCUT2D eigenvalue weighted by Crippen LogP contribution is 2.27. The Morgan fingerprint density at radius 1 is 1.17 bits per heavy atom. The lowest BCUT2D eigenvalue weighted by molar-refractivity contribution is -0.122. The minimum absolute atomic E-state index is 0.184. The Morgan fingerprint density at radius 2 is 1.78 bits per heavy atom. The van der Waals surface area contributed by atoms with Crippen LogP contribution in [-0.4, -0.2) is 5.91 Å². The van der Waals surface area contributed by atoms with Crippen molar-refractivity contribution in [3.63, 3.8) is 0 Å². The second-order valence-electron chi connectivity index (χ2n) is 5.08. The van der Waals surface area contributed by atoms with Crippen LogP contribution in [0.3, 0.4) is 0 Å². The molecular formula is C15H20ClNO. The molecule has 1 aliphatic rings. The van der Waals surface area contributed by atoms with Crippen LogP contribution in [0.25, 0.3) is 0 Å². The van der Waals surface area contributed by atoms with E-state index in [4.69, 9.17) is 11.6 Å². The second-order valence-corrected chi connectivity index (χ2v) is 5.35. The molecule has 0 heterocycles. The van der Waals surface area contributed by atoms with Gasteiger partial charge in [-0.2, -0.15) is 0 Å². The number of halogens is 1. The summed E-state index contributed by atoms with van der Waals surface area (Å²) in [5.74, 6) is 1.33. The minimum atomic E-state index is 0.184. The zero-order valence-electron chi connectivity index (χ0n) is 10.6. The number of hydrogen-bond donors (Lipinski definition) is 1. The summed E-state index contributed by atoms with van der Waals surface area (Å²) in [6, 6.07) is 8.05. The molecule has 18 heavy (non-hydrogen) atoms. The largest absolute Gasteiger partial charge is 0.352 e. The van der Waals surface area contributed by atoms with Crippen molar-refractivity contribution in [2.75, 3.05) is 0 Å². The summed E-state index contributed by atoms with van der Waals surface area (Å²) in [7, 11) is 0. The van der Waals surface area contributed by atoms with Gasteiger partial charge in [-0.15, -0.1) is 11.6 Å². The van der Waals surface area contributed by atoms with E-state index in [0.717, 1.165) is 11.1 Å². The summed E-state index contributed by atoms with van der Waals surface area (Å²) >= 11 is 5.73. The molecule has 1 saturated carbocycles. The minimum Gasteiger partial charge on any atom is -0.352 e. The molecule has 1 fully saturated rings. The van der Waals surface area contributed by atoms with Crippen molar-refractivity contribution in [3.05, 3.63) is 35.4 Å². The molecule has 1 aromatic carbocycles. The predicted molar refractivity (Wildman–Crippen MR) is 74.4 cm³/mol. The molecule has 2 nitrogen and oxygen atoms in total. The SMILES string of the molecule is O=C(CC1CCCC1)NCc1ccc(CCl)cc1. The van der Waals surface area contributed by atoms with Crippen LogP contribution < -0.4 is 5.32 Å². The molecule has 0 aliphatic heterocycles. The average molecular weight is 266 g/mol. The van der Waals surface area contributed by atoms with Crippen LogP contribution in [0.5, 0.6) is 0 Å². The van der Waals surface area contributed by atoms with E-state index in [9.17, 15) is 4.79 Å². The first-order valence-corrected chi connectivity index (χ1v) is 7.22. The van der Waals surface area contributed by atoms with Gasteiger partial charge in [0.25, 0.3) is 0 Å². The van der Waals surface area contributed by atoms with Gasteiger partial charge in [-0.05, 0) is 29.9 Å². The van der Waals surface area contributed by atoms with E-state index in [1.807, 2.05) is 24.3 Å². The maximum Gasteiger partial charge on any atom is 0.220 e. The molecule has 2 rings (SSSR count). The van der Waals surface area contributed by atoms with Crippen molar-refractivity contribution in [1.82, 2.24) is 5.32 Å². The van der Waals surface area contributed by atoms with Crippen LogP contribution in [0.4, 0.5) is 0 Å². The second kappa shape index (κ2) is 6.79. The summed E-state index contributed by atoms with van der Waals surface area (Å²) in [6.07, 6.45) is 5.71. The Kier molecular flexibility index (Phi) is 5.06. The number of hydrogen-bond acceptors (Lipinski definition) is 1. The first kappa shape index (κ1) is 13.4. The van der Waals surface area contributed by atoms with Crippen LogP contribution in [0.2, 0.25) is 0 Å². The average Bonchev–Trinajstić information content (AvgIpc) is 2.90. The van der Waals surface area contributed by atoms with Gasteiger partial charge in [0.15, 0.2) is 0 Å². The summed E-state index contributed by atoms with van der Waals surface area (Å²) < 4.78 is 0. The number of amides is 1. The normalized spacial score (nSPS) is 15.8. The fourth-order valence-electron chi connectivity index (χ4n) is 2.50. The third kappa shape index (κ3) is 4.02. The Balaban J connectivity index is 1.74. The number of alkyl halides is 1. The van der Waals surface area contributed by atoms with Crippen molar-refractivity contribution < 1.29 is 4.79 Å². The number of nitrogens with one attached hydrogen (secondary N) is 1. The number of benzene rings is 1. The zero-order chi connectivity index (χ0) is 12.8. The van der Waals surface area contributed by atoms with E-state index in [1.165, 1.54) is 25.7 Å². The topological polar surface area (TPSA) is 29.1 Å². The maximum atomic E-state index is 11.8. The highest BCUT2D eigenvalue weighted by atomic mass is 35.5. The van der Waals surface area contributed by atoms with Gasteiger partial charge in [-0.3, -0.25) is 4.79 Å². The smallest absolute Gasteiger partial charge is 0.220 e. The van der Waals surface area contributed by atoms with Crippen LogP contribution >= 0.6 is 11.6 Å². The van der Waals surface area contributed by atoms with Crippen LogP contribution in [0.15, 0.2) is 24.3 Å². The first-order chi connectivity index (χ1) is 8.78. The van der Waals surface area contributed by atoms with Crippen LogP contribution in [-0.2, 0) is 17.2 Å². The van der Waals surface area contributed by atoms with Crippen molar-refractivity contribution in [1.29, 1.82) is 0 Å². The Morgan fingerprint density at radius 3 is 2.39 bits per heavy atom. The molecule has 0 aromatic heterocycles. The van der Waals surface area contributed by atoms with Gasteiger partial charge < -0.3 is 5.32 Å². The molecule has 0 bridgehead atoms. The Bertz CT molecular complexity index is 382. The quantitative estimate of drug-likeness (QED) is 0.810. The van der Waals surface area contributed by atoms with Gasteiger partial charge in [0, 0.05) is 18.8 Å². The Labute approximate surface area is 114 Å². The molecule has 1 N–H and O–H groups in total. The van der Waals surface area contributed by atoms with E-state index in [1.54, 1.807) is 0 Å². The summed E-state index contributed by atoms with van der Waals surface area (Å²) in [4.78, 5) is 11.8. The zero-order valence-corrected chi connectivity index (χ0v) is 11.4. The standard InChI is InChI=1S/C15H20ClNO/c16-10-13-5-7-14(8-6-13)11-17-15(18)9-12-3-1-2-4-12/h5-8,12H,1-4,9-11H2,(H,17,18). The molecule has 3 heteroatoms. The molecule has 1 amide bonds. The first-order valence-electron chi connectivity index (χ1n) is 6.68. The summed E-state index contributed by atoms with van der Waals surface area (Å²) in [5, 5.41) is 2.99. The molecular weight excluding hydrogens is 246 g/mol.